The van der Waals surface area contributed by atoms with Crippen LogP contribution in [0.4, 0.5) is 0 Å². The van der Waals surface area contributed by atoms with Crippen LogP contribution in [0.1, 0.15) is 16.2 Å². The molecular weight excluding hydrogens is 382 g/mol. The van der Waals surface area contributed by atoms with Crippen LogP contribution in [0.5, 0.6) is 17.2 Å². The quantitative estimate of drug-likeness (QED) is 0.547. The van der Waals surface area contributed by atoms with Crippen LogP contribution < -0.4 is 19.8 Å². The minimum absolute atomic E-state index is 0.0888. The Labute approximate surface area is 165 Å². The second-order valence-electron chi connectivity index (χ2n) is 5.86. The van der Waals surface area contributed by atoms with E-state index in [9.17, 15) is 9.59 Å². The summed E-state index contributed by atoms with van der Waals surface area (Å²) in [6, 6.07) is 5.99. The summed E-state index contributed by atoms with van der Waals surface area (Å²) < 4.78 is 27.9. The summed E-state index contributed by atoms with van der Waals surface area (Å²) in [5.74, 6) is 0.892. The van der Waals surface area contributed by atoms with E-state index in [-0.39, 0.29) is 29.5 Å². The van der Waals surface area contributed by atoms with Gasteiger partial charge in [-0.1, -0.05) is 0 Å². The number of rotatable bonds is 7. The topological polar surface area (TPSA) is 115 Å². The van der Waals surface area contributed by atoms with Gasteiger partial charge < -0.3 is 27.9 Å². The van der Waals surface area contributed by atoms with Gasteiger partial charge in [0.15, 0.2) is 18.1 Å². The third kappa shape index (κ3) is 4.21. The zero-order valence-corrected chi connectivity index (χ0v) is 16.3. The van der Waals surface area contributed by atoms with Crippen molar-refractivity contribution in [1.29, 1.82) is 0 Å². The summed E-state index contributed by atoms with van der Waals surface area (Å²) in [6.07, 6.45) is 1.48. The lowest BCUT2D eigenvalue weighted by atomic mass is 10.2. The van der Waals surface area contributed by atoms with E-state index in [1.54, 1.807) is 19.2 Å². The van der Waals surface area contributed by atoms with Gasteiger partial charge in [-0.2, -0.15) is 0 Å². The number of pyridine rings is 1. The Hall–Kier alpha value is -3.82. The molecule has 10 nitrogen and oxygen atoms in total. The summed E-state index contributed by atoms with van der Waals surface area (Å²) >= 11 is 0. The number of aryl methyl sites for hydroxylation is 1. The Morgan fingerprint density at radius 3 is 2.34 bits per heavy atom. The van der Waals surface area contributed by atoms with Gasteiger partial charge in [0.05, 0.1) is 26.9 Å². The van der Waals surface area contributed by atoms with Gasteiger partial charge in [-0.3, -0.25) is 4.79 Å². The Morgan fingerprint density at radius 2 is 1.76 bits per heavy atom. The summed E-state index contributed by atoms with van der Waals surface area (Å²) in [7, 11) is 6.08. The number of ether oxygens (including phenoxy) is 4. The molecule has 0 aliphatic heterocycles. The molecule has 0 spiro atoms. The van der Waals surface area contributed by atoms with E-state index in [0.717, 1.165) is 0 Å². The Bertz CT molecular complexity index is 1060. The summed E-state index contributed by atoms with van der Waals surface area (Å²) in [5.41, 5.74) is 0.357. The van der Waals surface area contributed by atoms with Crippen molar-refractivity contribution in [2.24, 2.45) is 7.05 Å². The lowest BCUT2D eigenvalue weighted by Gasteiger charge is -2.12. The summed E-state index contributed by atoms with van der Waals surface area (Å²) in [4.78, 5) is 23.7. The molecule has 2 heterocycles. The second kappa shape index (κ2) is 8.46. The highest BCUT2D eigenvalue weighted by Gasteiger charge is 2.18. The first-order chi connectivity index (χ1) is 14.0. The maximum Gasteiger partial charge on any atom is 0.338 e. The molecule has 0 bridgehead atoms. The molecule has 0 atom stereocenters. The lowest BCUT2D eigenvalue weighted by molar-refractivity contribution is 0.0438. The highest BCUT2D eigenvalue weighted by atomic mass is 16.5. The van der Waals surface area contributed by atoms with Crippen molar-refractivity contribution in [2.75, 3.05) is 21.3 Å². The molecule has 2 aromatic heterocycles. The van der Waals surface area contributed by atoms with Gasteiger partial charge in [0.1, 0.15) is 0 Å². The third-order valence-electron chi connectivity index (χ3n) is 4.05. The standard InChI is InChI=1S/C19H19N3O7/c1-22-6-5-11(9-16(22)23)19(24)28-10-15-20-21-18(29-15)12-7-13(25-2)17(27-4)14(8-12)26-3/h5-9H,10H2,1-4H3. The molecule has 0 N–H and O–H groups in total. The smallest absolute Gasteiger partial charge is 0.338 e. The van der Waals surface area contributed by atoms with Gasteiger partial charge in [0, 0.05) is 24.9 Å². The molecule has 0 unspecified atom stereocenters. The van der Waals surface area contributed by atoms with Gasteiger partial charge in [-0.15, -0.1) is 10.2 Å². The van der Waals surface area contributed by atoms with Crippen molar-refractivity contribution in [1.82, 2.24) is 14.8 Å². The maximum absolute atomic E-state index is 12.1. The fourth-order valence-corrected chi connectivity index (χ4v) is 2.52. The number of benzene rings is 1. The number of esters is 1. The minimum atomic E-state index is -0.671. The summed E-state index contributed by atoms with van der Waals surface area (Å²) in [5, 5.41) is 7.83. The van der Waals surface area contributed by atoms with E-state index in [2.05, 4.69) is 10.2 Å². The average Bonchev–Trinajstić information content (AvgIpc) is 3.21. The maximum atomic E-state index is 12.1. The van der Waals surface area contributed by atoms with Gasteiger partial charge in [0.25, 0.3) is 11.4 Å². The molecule has 0 saturated heterocycles. The normalized spacial score (nSPS) is 10.5. The molecule has 0 aliphatic rings. The van der Waals surface area contributed by atoms with Gasteiger partial charge >= 0.3 is 5.97 Å². The lowest BCUT2D eigenvalue weighted by Crippen LogP contribution is -2.17. The molecule has 0 saturated carbocycles. The number of hydrogen-bond donors (Lipinski definition) is 0. The van der Waals surface area contributed by atoms with E-state index < -0.39 is 5.97 Å². The van der Waals surface area contributed by atoms with Crippen molar-refractivity contribution in [3.8, 4) is 28.7 Å². The monoisotopic (exact) mass is 401 g/mol. The molecule has 10 heteroatoms. The molecule has 0 aliphatic carbocycles. The number of carbonyl (C=O) groups excluding carboxylic acids is 1. The minimum Gasteiger partial charge on any atom is -0.493 e. The first-order valence-electron chi connectivity index (χ1n) is 8.43. The van der Waals surface area contributed by atoms with Gasteiger partial charge in [-0.05, 0) is 18.2 Å². The molecule has 29 heavy (non-hydrogen) atoms. The first kappa shape index (κ1) is 19.9. The Morgan fingerprint density at radius 1 is 1.07 bits per heavy atom. The van der Waals surface area contributed by atoms with Crippen molar-refractivity contribution in [2.45, 2.75) is 6.61 Å². The van der Waals surface area contributed by atoms with Crippen LogP contribution in [0, 0.1) is 0 Å². The van der Waals surface area contributed by atoms with Crippen LogP contribution >= 0.6 is 0 Å². The Kier molecular flexibility index (Phi) is 5.82. The molecule has 0 fully saturated rings. The number of hydrogen-bond acceptors (Lipinski definition) is 9. The van der Waals surface area contributed by atoms with Crippen LogP contribution in [0.25, 0.3) is 11.5 Å². The van der Waals surface area contributed by atoms with Crippen LogP contribution in [-0.2, 0) is 18.4 Å². The zero-order chi connectivity index (χ0) is 21.0. The third-order valence-corrected chi connectivity index (χ3v) is 4.05. The molecule has 3 aromatic rings. The highest BCUT2D eigenvalue weighted by Crippen LogP contribution is 2.40. The van der Waals surface area contributed by atoms with Gasteiger partial charge in [0.2, 0.25) is 11.6 Å². The van der Waals surface area contributed by atoms with E-state index >= 15 is 0 Å². The van der Waals surface area contributed by atoms with E-state index in [0.29, 0.717) is 22.8 Å². The zero-order valence-electron chi connectivity index (χ0n) is 16.3. The van der Waals surface area contributed by atoms with Crippen LogP contribution in [0.15, 0.2) is 39.7 Å². The van der Waals surface area contributed by atoms with Crippen LogP contribution in [-0.4, -0.2) is 42.1 Å². The van der Waals surface area contributed by atoms with Crippen LogP contribution in [0.2, 0.25) is 0 Å². The summed E-state index contributed by atoms with van der Waals surface area (Å²) in [6.45, 7) is -0.245. The fraction of sp³-hybridized carbons (Fsp3) is 0.263. The number of aromatic nitrogens is 3. The van der Waals surface area contributed by atoms with E-state index in [4.69, 9.17) is 23.4 Å². The van der Waals surface area contributed by atoms with Crippen LogP contribution in [0.3, 0.4) is 0 Å². The predicted octanol–water partition coefficient (Wildman–Crippen LogP) is 1.82. The molecule has 3 rings (SSSR count). The van der Waals surface area contributed by atoms with Crippen molar-refractivity contribution < 1.29 is 28.2 Å². The molecule has 1 aromatic carbocycles. The largest absolute Gasteiger partial charge is 0.493 e. The number of nitrogens with zero attached hydrogens (tertiary/aromatic N) is 3. The second-order valence-corrected chi connectivity index (χ2v) is 5.86. The Balaban J connectivity index is 1.76. The predicted molar refractivity (Wildman–Crippen MR) is 100 cm³/mol. The first-order valence-corrected chi connectivity index (χ1v) is 8.43. The highest BCUT2D eigenvalue weighted by molar-refractivity contribution is 5.89. The van der Waals surface area contributed by atoms with E-state index in [1.807, 2.05) is 0 Å². The van der Waals surface area contributed by atoms with Crippen molar-refractivity contribution >= 4 is 5.97 Å². The fourth-order valence-electron chi connectivity index (χ4n) is 2.52. The van der Waals surface area contributed by atoms with E-state index in [1.165, 1.54) is 44.2 Å². The molecule has 152 valence electrons. The van der Waals surface area contributed by atoms with Crippen molar-refractivity contribution in [3.05, 3.63) is 52.3 Å². The number of carbonyl (C=O) groups is 1. The molecule has 0 radical (unpaired) electrons. The van der Waals surface area contributed by atoms with Gasteiger partial charge in [-0.25, -0.2) is 4.79 Å². The average molecular weight is 401 g/mol. The number of methoxy groups -OCH3 is 3. The molecular formula is C19H19N3O7. The van der Waals surface area contributed by atoms with Crippen molar-refractivity contribution in [3.63, 3.8) is 0 Å². The molecule has 0 amide bonds. The SMILES string of the molecule is COc1cc(-c2nnc(COC(=O)c3ccn(C)c(=O)c3)o2)cc(OC)c1OC.